The standard InChI is InChI=1S/C16H20N4/c1-3-17-11-13-5-4-6-16-15(13)8-10-20(16)12-14-7-9-19(2)18-14/h4-10,17H,3,11-12H2,1-2H3. The third-order valence-corrected chi connectivity index (χ3v) is 3.57. The third kappa shape index (κ3) is 2.47. The predicted octanol–water partition coefficient (Wildman–Crippen LogP) is 2.53. The van der Waals surface area contributed by atoms with E-state index >= 15 is 0 Å². The Bertz CT molecular complexity index is 708. The SMILES string of the molecule is CCNCc1cccc2c1ccn2Cc1ccn(C)n1. The van der Waals surface area contributed by atoms with Crippen LogP contribution >= 0.6 is 0 Å². The topological polar surface area (TPSA) is 34.8 Å². The highest BCUT2D eigenvalue weighted by Gasteiger charge is 2.06. The highest BCUT2D eigenvalue weighted by molar-refractivity contribution is 5.83. The number of fused-ring (bicyclic) bond motifs is 1. The number of nitrogens with one attached hydrogen (secondary N) is 1. The fraction of sp³-hybridized carbons (Fsp3) is 0.312. The molecule has 0 amide bonds. The van der Waals surface area contributed by atoms with Gasteiger partial charge in [0, 0.05) is 36.9 Å². The average molecular weight is 268 g/mol. The molecule has 0 saturated heterocycles. The molecule has 4 heteroatoms. The zero-order valence-electron chi connectivity index (χ0n) is 12.0. The predicted molar refractivity (Wildman–Crippen MR) is 81.6 cm³/mol. The second-order valence-corrected chi connectivity index (χ2v) is 5.05. The zero-order chi connectivity index (χ0) is 13.9. The molecule has 0 radical (unpaired) electrons. The Morgan fingerprint density at radius 3 is 2.80 bits per heavy atom. The molecule has 1 N–H and O–H groups in total. The first-order chi connectivity index (χ1) is 9.78. The van der Waals surface area contributed by atoms with Gasteiger partial charge in [0.1, 0.15) is 0 Å². The smallest absolute Gasteiger partial charge is 0.0821 e. The van der Waals surface area contributed by atoms with Gasteiger partial charge in [-0.3, -0.25) is 4.68 Å². The molecule has 0 spiro atoms. The Hall–Kier alpha value is -2.07. The zero-order valence-corrected chi connectivity index (χ0v) is 12.0. The molecule has 0 aliphatic carbocycles. The third-order valence-electron chi connectivity index (χ3n) is 3.57. The number of benzene rings is 1. The maximum atomic E-state index is 4.45. The van der Waals surface area contributed by atoms with Gasteiger partial charge in [0.25, 0.3) is 0 Å². The van der Waals surface area contributed by atoms with E-state index in [0.29, 0.717) is 0 Å². The first kappa shape index (κ1) is 12.9. The lowest BCUT2D eigenvalue weighted by Gasteiger charge is -2.06. The van der Waals surface area contributed by atoms with Crippen LogP contribution in [0.3, 0.4) is 0 Å². The van der Waals surface area contributed by atoms with Crippen molar-refractivity contribution in [3.05, 3.63) is 54.0 Å². The first-order valence-electron chi connectivity index (χ1n) is 7.04. The quantitative estimate of drug-likeness (QED) is 0.771. The lowest BCUT2D eigenvalue weighted by atomic mass is 10.1. The van der Waals surface area contributed by atoms with E-state index in [-0.39, 0.29) is 0 Å². The molecule has 0 aliphatic heterocycles. The Labute approximate surface area is 119 Å². The molecule has 3 aromatic rings. The van der Waals surface area contributed by atoms with Crippen LogP contribution in [-0.2, 0) is 20.1 Å². The second-order valence-electron chi connectivity index (χ2n) is 5.05. The van der Waals surface area contributed by atoms with Gasteiger partial charge >= 0.3 is 0 Å². The summed E-state index contributed by atoms with van der Waals surface area (Å²) in [5.41, 5.74) is 3.71. The maximum Gasteiger partial charge on any atom is 0.0821 e. The summed E-state index contributed by atoms with van der Waals surface area (Å²) in [5, 5.41) is 9.17. The molecule has 104 valence electrons. The van der Waals surface area contributed by atoms with Gasteiger partial charge < -0.3 is 9.88 Å². The number of rotatable bonds is 5. The van der Waals surface area contributed by atoms with Gasteiger partial charge in [-0.25, -0.2) is 0 Å². The number of hydrogen-bond donors (Lipinski definition) is 1. The lowest BCUT2D eigenvalue weighted by molar-refractivity contribution is 0.716. The monoisotopic (exact) mass is 268 g/mol. The van der Waals surface area contributed by atoms with Crippen molar-refractivity contribution in [1.29, 1.82) is 0 Å². The van der Waals surface area contributed by atoms with Crippen LogP contribution in [0.4, 0.5) is 0 Å². The minimum absolute atomic E-state index is 0.814. The minimum atomic E-state index is 0.814. The molecule has 0 aliphatic rings. The summed E-state index contributed by atoms with van der Waals surface area (Å²) < 4.78 is 4.10. The van der Waals surface area contributed by atoms with Gasteiger partial charge in [0.15, 0.2) is 0 Å². The van der Waals surface area contributed by atoms with Gasteiger partial charge in [0.2, 0.25) is 0 Å². The van der Waals surface area contributed by atoms with E-state index in [2.05, 4.69) is 58.4 Å². The van der Waals surface area contributed by atoms with E-state index in [1.807, 2.05) is 17.9 Å². The van der Waals surface area contributed by atoms with Crippen molar-refractivity contribution in [3.63, 3.8) is 0 Å². The number of nitrogens with zero attached hydrogens (tertiary/aromatic N) is 3. The van der Waals surface area contributed by atoms with Crippen molar-refractivity contribution in [3.8, 4) is 0 Å². The van der Waals surface area contributed by atoms with Crippen LogP contribution in [0.25, 0.3) is 10.9 Å². The molecular formula is C16H20N4. The summed E-state index contributed by atoms with van der Waals surface area (Å²) in [6.45, 7) is 4.86. The minimum Gasteiger partial charge on any atom is -0.341 e. The van der Waals surface area contributed by atoms with Crippen LogP contribution in [0.5, 0.6) is 0 Å². The van der Waals surface area contributed by atoms with E-state index in [0.717, 1.165) is 25.3 Å². The summed E-state index contributed by atoms with van der Waals surface area (Å²) in [5.74, 6) is 0. The molecular weight excluding hydrogens is 248 g/mol. The summed E-state index contributed by atoms with van der Waals surface area (Å²) in [6, 6.07) is 10.8. The van der Waals surface area contributed by atoms with E-state index in [1.54, 1.807) is 0 Å². The van der Waals surface area contributed by atoms with Gasteiger partial charge in [-0.15, -0.1) is 0 Å². The molecule has 0 atom stereocenters. The van der Waals surface area contributed by atoms with Gasteiger partial charge in [-0.2, -0.15) is 5.10 Å². The largest absolute Gasteiger partial charge is 0.341 e. The Morgan fingerprint density at radius 1 is 1.15 bits per heavy atom. The summed E-state index contributed by atoms with van der Waals surface area (Å²) >= 11 is 0. The fourth-order valence-electron chi connectivity index (χ4n) is 2.56. The van der Waals surface area contributed by atoms with E-state index in [9.17, 15) is 0 Å². The average Bonchev–Trinajstić information content (AvgIpc) is 3.04. The Kier molecular flexibility index (Phi) is 3.56. The second kappa shape index (κ2) is 5.51. The van der Waals surface area contributed by atoms with Gasteiger partial charge in [0.05, 0.1) is 12.2 Å². The molecule has 4 nitrogen and oxygen atoms in total. The van der Waals surface area contributed by atoms with E-state index < -0.39 is 0 Å². The maximum absolute atomic E-state index is 4.45. The normalized spacial score (nSPS) is 11.3. The number of aromatic nitrogens is 3. The van der Waals surface area contributed by atoms with Crippen LogP contribution < -0.4 is 5.32 Å². The van der Waals surface area contributed by atoms with Crippen LogP contribution in [0.1, 0.15) is 18.2 Å². The summed E-state index contributed by atoms with van der Waals surface area (Å²) in [6.07, 6.45) is 4.13. The molecule has 3 rings (SSSR count). The first-order valence-corrected chi connectivity index (χ1v) is 7.04. The van der Waals surface area contributed by atoms with E-state index in [4.69, 9.17) is 0 Å². The van der Waals surface area contributed by atoms with Crippen LogP contribution in [0.2, 0.25) is 0 Å². The van der Waals surface area contributed by atoms with Crippen LogP contribution in [0.15, 0.2) is 42.7 Å². The molecule has 0 bridgehead atoms. The van der Waals surface area contributed by atoms with Crippen molar-refractivity contribution in [1.82, 2.24) is 19.7 Å². The molecule has 0 saturated carbocycles. The number of hydrogen-bond acceptors (Lipinski definition) is 2. The summed E-state index contributed by atoms with van der Waals surface area (Å²) in [7, 11) is 1.95. The molecule has 20 heavy (non-hydrogen) atoms. The lowest BCUT2D eigenvalue weighted by Crippen LogP contribution is -2.11. The molecule has 2 aromatic heterocycles. The molecule has 2 heterocycles. The molecule has 1 aromatic carbocycles. The van der Waals surface area contributed by atoms with Gasteiger partial charge in [-0.05, 0) is 30.3 Å². The molecule has 0 unspecified atom stereocenters. The van der Waals surface area contributed by atoms with Crippen LogP contribution in [-0.4, -0.2) is 20.9 Å². The molecule has 0 fully saturated rings. The van der Waals surface area contributed by atoms with Gasteiger partial charge in [-0.1, -0.05) is 19.1 Å². The number of aryl methyl sites for hydroxylation is 1. The highest BCUT2D eigenvalue weighted by atomic mass is 15.3. The van der Waals surface area contributed by atoms with E-state index in [1.165, 1.54) is 16.5 Å². The summed E-state index contributed by atoms with van der Waals surface area (Å²) in [4.78, 5) is 0. The Morgan fingerprint density at radius 2 is 2.05 bits per heavy atom. The van der Waals surface area contributed by atoms with Crippen molar-refractivity contribution in [2.75, 3.05) is 6.54 Å². The van der Waals surface area contributed by atoms with Crippen molar-refractivity contribution in [2.24, 2.45) is 7.05 Å². The fourth-order valence-corrected chi connectivity index (χ4v) is 2.56. The van der Waals surface area contributed by atoms with Crippen molar-refractivity contribution in [2.45, 2.75) is 20.0 Å². The highest BCUT2D eigenvalue weighted by Crippen LogP contribution is 2.21. The van der Waals surface area contributed by atoms with Crippen molar-refractivity contribution < 1.29 is 0 Å². The van der Waals surface area contributed by atoms with Crippen LogP contribution in [0, 0.1) is 0 Å². The Balaban J connectivity index is 1.92. The van der Waals surface area contributed by atoms with Crippen molar-refractivity contribution >= 4 is 10.9 Å².